The Kier molecular flexibility index (Phi) is 3.12. The summed E-state index contributed by atoms with van der Waals surface area (Å²) in [7, 11) is 1.64. The average molecular weight is 181 g/mol. The molecule has 0 fully saturated rings. The molecule has 3 heteroatoms. The highest BCUT2D eigenvalue weighted by atomic mass is 16.5. The molecule has 0 saturated carbocycles. The summed E-state index contributed by atoms with van der Waals surface area (Å²) >= 11 is 0. The molecule has 0 bridgehead atoms. The zero-order valence-electron chi connectivity index (χ0n) is 8.20. The maximum atomic E-state index is 10.8. The van der Waals surface area contributed by atoms with Gasteiger partial charge in [0.1, 0.15) is 5.76 Å². The van der Waals surface area contributed by atoms with Crippen molar-refractivity contribution in [1.82, 2.24) is 5.32 Å². The molecule has 1 amide bonds. The Hall–Kier alpha value is -1.25. The van der Waals surface area contributed by atoms with Crippen LogP contribution in [0.3, 0.4) is 0 Å². The maximum absolute atomic E-state index is 10.8. The van der Waals surface area contributed by atoms with Crippen molar-refractivity contribution in [3.63, 3.8) is 0 Å². The van der Waals surface area contributed by atoms with Crippen molar-refractivity contribution in [2.24, 2.45) is 5.92 Å². The molecule has 13 heavy (non-hydrogen) atoms. The molecule has 0 spiro atoms. The van der Waals surface area contributed by atoms with E-state index in [1.807, 2.05) is 25.2 Å². The smallest absolute Gasteiger partial charge is 0.217 e. The molecular formula is C10H15NO2. The highest BCUT2D eigenvalue weighted by molar-refractivity contribution is 5.73. The summed E-state index contributed by atoms with van der Waals surface area (Å²) in [5.74, 6) is 1.13. The van der Waals surface area contributed by atoms with Crippen molar-refractivity contribution >= 4 is 5.91 Å². The lowest BCUT2D eigenvalue weighted by Gasteiger charge is -2.22. The van der Waals surface area contributed by atoms with Gasteiger partial charge >= 0.3 is 0 Å². The topological polar surface area (TPSA) is 38.3 Å². The van der Waals surface area contributed by atoms with Crippen molar-refractivity contribution in [3.05, 3.63) is 24.0 Å². The van der Waals surface area contributed by atoms with E-state index < -0.39 is 0 Å². The lowest BCUT2D eigenvalue weighted by atomic mass is 9.96. The lowest BCUT2D eigenvalue weighted by Crippen LogP contribution is -2.37. The Balaban J connectivity index is 2.60. The molecule has 3 nitrogen and oxygen atoms in total. The van der Waals surface area contributed by atoms with Gasteiger partial charge in [0.25, 0.3) is 0 Å². The first-order valence-electron chi connectivity index (χ1n) is 4.34. The fourth-order valence-corrected chi connectivity index (χ4v) is 1.34. The second-order valence-electron chi connectivity index (χ2n) is 3.22. The number of allylic oxidation sites excluding steroid dienone is 1. The zero-order valence-corrected chi connectivity index (χ0v) is 8.20. The molecule has 1 rings (SSSR count). The Morgan fingerprint density at radius 1 is 1.62 bits per heavy atom. The zero-order chi connectivity index (χ0) is 9.84. The molecule has 0 aromatic heterocycles. The summed E-state index contributed by atoms with van der Waals surface area (Å²) in [6, 6.07) is 0.0939. The van der Waals surface area contributed by atoms with Crippen LogP contribution in [0.4, 0.5) is 0 Å². The molecule has 1 aliphatic carbocycles. The van der Waals surface area contributed by atoms with E-state index >= 15 is 0 Å². The quantitative estimate of drug-likeness (QED) is 0.695. The fraction of sp³-hybridized carbons (Fsp3) is 0.500. The van der Waals surface area contributed by atoms with E-state index in [-0.39, 0.29) is 17.9 Å². The molecule has 2 atom stereocenters. The predicted molar refractivity (Wildman–Crippen MR) is 51.0 cm³/mol. The summed E-state index contributed by atoms with van der Waals surface area (Å²) in [4.78, 5) is 10.8. The number of nitrogens with one attached hydrogen (secondary N) is 1. The molecule has 0 saturated heterocycles. The minimum Gasteiger partial charge on any atom is -0.497 e. The minimum atomic E-state index is -0.00392. The molecule has 1 aliphatic rings. The number of hydrogen-bond donors (Lipinski definition) is 1. The number of amides is 1. The van der Waals surface area contributed by atoms with Gasteiger partial charge in [0, 0.05) is 12.8 Å². The third-order valence-electron chi connectivity index (χ3n) is 2.07. The van der Waals surface area contributed by atoms with Gasteiger partial charge in [-0.05, 0) is 12.2 Å². The summed E-state index contributed by atoms with van der Waals surface area (Å²) in [6.07, 6.45) is 5.83. The predicted octanol–water partition coefficient (Wildman–Crippen LogP) is 1.23. The molecule has 1 unspecified atom stereocenters. The van der Waals surface area contributed by atoms with E-state index in [0.717, 1.165) is 5.76 Å². The van der Waals surface area contributed by atoms with Crippen LogP contribution in [0.5, 0.6) is 0 Å². The summed E-state index contributed by atoms with van der Waals surface area (Å²) in [6.45, 7) is 3.57. The number of methoxy groups -OCH3 is 1. The number of rotatable bonds is 2. The van der Waals surface area contributed by atoms with Gasteiger partial charge in [-0.15, -0.1) is 0 Å². The van der Waals surface area contributed by atoms with Crippen LogP contribution in [0.25, 0.3) is 0 Å². The largest absolute Gasteiger partial charge is 0.497 e. The van der Waals surface area contributed by atoms with Crippen molar-refractivity contribution in [2.75, 3.05) is 7.11 Å². The SMILES string of the molecule is COC1=C[C@H](C)C(NC(C)=O)C=C1. The fourth-order valence-electron chi connectivity index (χ4n) is 1.34. The molecule has 0 aromatic carbocycles. The average Bonchev–Trinajstić information content (AvgIpc) is 2.08. The summed E-state index contributed by atoms with van der Waals surface area (Å²) in [5, 5.41) is 2.85. The molecule has 1 N–H and O–H groups in total. The van der Waals surface area contributed by atoms with Crippen molar-refractivity contribution in [1.29, 1.82) is 0 Å². The van der Waals surface area contributed by atoms with Crippen molar-refractivity contribution in [2.45, 2.75) is 19.9 Å². The van der Waals surface area contributed by atoms with Gasteiger partial charge in [-0.3, -0.25) is 4.79 Å². The van der Waals surface area contributed by atoms with Crippen LogP contribution in [0.15, 0.2) is 24.0 Å². The van der Waals surface area contributed by atoms with Gasteiger partial charge < -0.3 is 10.1 Å². The number of ether oxygens (including phenoxy) is 1. The minimum absolute atomic E-state index is 0.00392. The van der Waals surface area contributed by atoms with Crippen LogP contribution in [0.1, 0.15) is 13.8 Å². The Labute approximate surface area is 78.5 Å². The Morgan fingerprint density at radius 3 is 2.77 bits per heavy atom. The summed E-state index contributed by atoms with van der Waals surface area (Å²) < 4.78 is 5.08. The highest BCUT2D eigenvalue weighted by Crippen LogP contribution is 2.16. The van der Waals surface area contributed by atoms with Gasteiger partial charge in [0.05, 0.1) is 13.2 Å². The van der Waals surface area contributed by atoms with Crippen molar-refractivity contribution < 1.29 is 9.53 Å². The van der Waals surface area contributed by atoms with E-state index in [2.05, 4.69) is 5.32 Å². The van der Waals surface area contributed by atoms with E-state index in [1.54, 1.807) is 7.11 Å². The van der Waals surface area contributed by atoms with Gasteiger partial charge in [-0.25, -0.2) is 0 Å². The number of hydrogen-bond acceptors (Lipinski definition) is 2. The van der Waals surface area contributed by atoms with Crippen LogP contribution >= 0.6 is 0 Å². The molecule has 72 valence electrons. The monoisotopic (exact) mass is 181 g/mol. The third-order valence-corrected chi connectivity index (χ3v) is 2.07. The third kappa shape index (κ3) is 2.61. The highest BCUT2D eigenvalue weighted by Gasteiger charge is 2.17. The molecule has 0 aromatic rings. The molecule has 0 heterocycles. The normalized spacial score (nSPS) is 26.5. The van der Waals surface area contributed by atoms with Crippen LogP contribution in [-0.4, -0.2) is 19.1 Å². The van der Waals surface area contributed by atoms with Gasteiger partial charge in [-0.2, -0.15) is 0 Å². The first kappa shape index (κ1) is 9.84. The van der Waals surface area contributed by atoms with Crippen LogP contribution < -0.4 is 5.32 Å². The van der Waals surface area contributed by atoms with Crippen molar-refractivity contribution in [3.8, 4) is 0 Å². The maximum Gasteiger partial charge on any atom is 0.217 e. The summed E-state index contributed by atoms with van der Waals surface area (Å²) in [5.41, 5.74) is 0. The molecular weight excluding hydrogens is 166 g/mol. The second kappa shape index (κ2) is 4.12. The van der Waals surface area contributed by atoms with Crippen LogP contribution in [0, 0.1) is 5.92 Å². The number of carbonyl (C=O) groups is 1. The number of carbonyl (C=O) groups excluding carboxylic acids is 1. The van der Waals surface area contributed by atoms with Gasteiger partial charge in [-0.1, -0.05) is 13.0 Å². The first-order chi connectivity index (χ1) is 6.13. The Bertz CT molecular complexity index is 256. The van der Waals surface area contributed by atoms with Crippen LogP contribution in [0.2, 0.25) is 0 Å². The molecule has 0 radical (unpaired) electrons. The second-order valence-corrected chi connectivity index (χ2v) is 3.22. The van der Waals surface area contributed by atoms with E-state index in [9.17, 15) is 4.79 Å². The lowest BCUT2D eigenvalue weighted by molar-refractivity contribution is -0.119. The van der Waals surface area contributed by atoms with Gasteiger partial charge in [0.2, 0.25) is 5.91 Å². The van der Waals surface area contributed by atoms with E-state index in [4.69, 9.17) is 4.74 Å². The van der Waals surface area contributed by atoms with E-state index in [1.165, 1.54) is 6.92 Å². The van der Waals surface area contributed by atoms with E-state index in [0.29, 0.717) is 0 Å². The Morgan fingerprint density at radius 2 is 2.31 bits per heavy atom. The van der Waals surface area contributed by atoms with Crippen LogP contribution in [-0.2, 0) is 9.53 Å². The standard InChI is InChI=1S/C10H15NO2/c1-7-6-9(13-3)4-5-10(7)11-8(2)12/h4-7,10H,1-3H3,(H,11,12)/t7-,10?/m0/s1. The first-order valence-corrected chi connectivity index (χ1v) is 4.34. The van der Waals surface area contributed by atoms with Gasteiger partial charge in [0.15, 0.2) is 0 Å². The molecule has 0 aliphatic heterocycles.